The molecule has 0 amide bonds. The maximum absolute atomic E-state index is 12.3. The lowest BCUT2D eigenvalue weighted by molar-refractivity contribution is 0.204. The number of hydrogen-bond donors (Lipinski definition) is 1. The predicted molar refractivity (Wildman–Crippen MR) is 78.8 cm³/mol. The Morgan fingerprint density at radius 2 is 1.80 bits per heavy atom. The molecule has 0 spiro atoms. The third-order valence-electron chi connectivity index (χ3n) is 2.91. The summed E-state index contributed by atoms with van der Waals surface area (Å²) in [6.45, 7) is 6.85. The first-order chi connectivity index (χ1) is 9.42. The van der Waals surface area contributed by atoms with Crippen LogP contribution in [0.3, 0.4) is 0 Å². The molecule has 0 atom stereocenters. The fraction of sp³-hybridized carbons (Fsp3) is 0.571. The van der Waals surface area contributed by atoms with E-state index < -0.39 is 10.0 Å². The van der Waals surface area contributed by atoms with E-state index >= 15 is 0 Å². The third-order valence-corrected chi connectivity index (χ3v) is 4.39. The summed E-state index contributed by atoms with van der Waals surface area (Å²) in [4.78, 5) is 0.185. The van der Waals surface area contributed by atoms with Crippen LogP contribution < -0.4 is 9.46 Å². The molecule has 0 aliphatic heterocycles. The van der Waals surface area contributed by atoms with Crippen molar-refractivity contribution in [1.82, 2.24) is 4.72 Å². The van der Waals surface area contributed by atoms with Gasteiger partial charge in [0.05, 0.1) is 13.2 Å². The van der Waals surface area contributed by atoms with Crippen LogP contribution >= 0.6 is 0 Å². The van der Waals surface area contributed by atoms with Gasteiger partial charge in [-0.3, -0.25) is 0 Å². The van der Waals surface area contributed by atoms with E-state index in [1.54, 1.807) is 12.1 Å². The van der Waals surface area contributed by atoms with Crippen LogP contribution in [-0.2, 0) is 14.8 Å². The minimum atomic E-state index is -3.59. The summed E-state index contributed by atoms with van der Waals surface area (Å²) in [5.74, 6) is 0.403. The van der Waals surface area contributed by atoms with Gasteiger partial charge in [0.2, 0.25) is 10.0 Å². The largest absolute Gasteiger partial charge is 0.492 e. The van der Waals surface area contributed by atoms with Gasteiger partial charge in [0.1, 0.15) is 10.6 Å². The SMILES string of the molecule is CCCOc1cc(C)c(C)cc1S(=O)(=O)NCCOC. The van der Waals surface area contributed by atoms with Gasteiger partial charge in [-0.1, -0.05) is 6.92 Å². The lowest BCUT2D eigenvalue weighted by Crippen LogP contribution is -2.27. The van der Waals surface area contributed by atoms with Gasteiger partial charge in [0, 0.05) is 13.7 Å². The lowest BCUT2D eigenvalue weighted by Gasteiger charge is -2.14. The van der Waals surface area contributed by atoms with Crippen LogP contribution in [0.5, 0.6) is 5.75 Å². The first-order valence-corrected chi connectivity index (χ1v) is 8.13. The molecule has 1 rings (SSSR count). The van der Waals surface area contributed by atoms with Crippen LogP contribution in [0, 0.1) is 13.8 Å². The zero-order chi connectivity index (χ0) is 15.2. The smallest absolute Gasteiger partial charge is 0.244 e. The predicted octanol–water partition coefficient (Wildman–Crippen LogP) is 2.02. The molecule has 0 aliphatic rings. The lowest BCUT2D eigenvalue weighted by atomic mass is 10.1. The molecule has 0 radical (unpaired) electrons. The molecule has 0 saturated heterocycles. The molecule has 1 aromatic rings. The molecule has 0 unspecified atom stereocenters. The summed E-state index contributed by atoms with van der Waals surface area (Å²) in [5, 5.41) is 0. The van der Waals surface area contributed by atoms with Gasteiger partial charge in [0.15, 0.2) is 0 Å². The topological polar surface area (TPSA) is 64.6 Å². The highest BCUT2D eigenvalue weighted by atomic mass is 32.2. The molecule has 114 valence electrons. The normalized spacial score (nSPS) is 11.6. The van der Waals surface area contributed by atoms with Crippen molar-refractivity contribution in [2.24, 2.45) is 0 Å². The summed E-state index contributed by atoms with van der Waals surface area (Å²) < 4.78 is 37.5. The first kappa shape index (κ1) is 16.9. The Morgan fingerprint density at radius 3 is 2.40 bits per heavy atom. The monoisotopic (exact) mass is 301 g/mol. The summed E-state index contributed by atoms with van der Waals surface area (Å²) in [6, 6.07) is 3.42. The summed E-state index contributed by atoms with van der Waals surface area (Å²) in [5.41, 5.74) is 1.92. The highest BCUT2D eigenvalue weighted by molar-refractivity contribution is 7.89. The number of hydrogen-bond acceptors (Lipinski definition) is 4. The fourth-order valence-electron chi connectivity index (χ4n) is 1.65. The first-order valence-electron chi connectivity index (χ1n) is 6.65. The Hall–Kier alpha value is -1.11. The molecule has 1 N–H and O–H groups in total. The minimum absolute atomic E-state index is 0.185. The number of benzene rings is 1. The molecule has 5 nitrogen and oxygen atoms in total. The average Bonchev–Trinajstić information content (AvgIpc) is 2.39. The van der Waals surface area contributed by atoms with Crippen molar-refractivity contribution < 1.29 is 17.9 Å². The van der Waals surface area contributed by atoms with E-state index in [-0.39, 0.29) is 11.4 Å². The Bertz CT molecular complexity index is 540. The Balaban J connectivity index is 3.10. The van der Waals surface area contributed by atoms with Crippen molar-refractivity contribution in [3.8, 4) is 5.75 Å². The van der Waals surface area contributed by atoms with E-state index in [2.05, 4.69) is 4.72 Å². The molecule has 0 bridgehead atoms. The summed E-state index contributed by atoms with van der Waals surface area (Å²) >= 11 is 0. The highest BCUT2D eigenvalue weighted by Crippen LogP contribution is 2.27. The van der Waals surface area contributed by atoms with Crippen LogP contribution in [-0.4, -0.2) is 35.3 Å². The Kier molecular flexibility index (Phi) is 6.45. The number of nitrogens with one attached hydrogen (secondary N) is 1. The zero-order valence-corrected chi connectivity index (χ0v) is 13.3. The molecule has 0 aliphatic carbocycles. The van der Waals surface area contributed by atoms with Crippen LogP contribution in [0.25, 0.3) is 0 Å². The van der Waals surface area contributed by atoms with Crippen molar-refractivity contribution in [3.63, 3.8) is 0 Å². The number of sulfonamides is 1. The van der Waals surface area contributed by atoms with E-state index in [9.17, 15) is 8.42 Å². The molecule has 0 aromatic heterocycles. The highest BCUT2D eigenvalue weighted by Gasteiger charge is 2.20. The van der Waals surface area contributed by atoms with E-state index in [0.29, 0.717) is 19.0 Å². The van der Waals surface area contributed by atoms with Gasteiger partial charge in [-0.05, 0) is 43.5 Å². The maximum atomic E-state index is 12.3. The van der Waals surface area contributed by atoms with E-state index in [0.717, 1.165) is 17.5 Å². The summed E-state index contributed by atoms with van der Waals surface area (Å²) in [6.07, 6.45) is 0.823. The number of rotatable bonds is 8. The van der Waals surface area contributed by atoms with Crippen molar-refractivity contribution in [2.45, 2.75) is 32.1 Å². The van der Waals surface area contributed by atoms with Gasteiger partial charge in [-0.15, -0.1) is 0 Å². The molecular formula is C14H23NO4S. The molecule has 20 heavy (non-hydrogen) atoms. The average molecular weight is 301 g/mol. The third kappa shape index (κ3) is 4.47. The fourth-order valence-corrected chi connectivity index (χ4v) is 2.88. The van der Waals surface area contributed by atoms with Crippen molar-refractivity contribution >= 4 is 10.0 Å². The molecule has 0 heterocycles. The van der Waals surface area contributed by atoms with Crippen LogP contribution in [0.2, 0.25) is 0 Å². The number of methoxy groups -OCH3 is 1. The quantitative estimate of drug-likeness (QED) is 0.746. The summed E-state index contributed by atoms with van der Waals surface area (Å²) in [7, 11) is -2.06. The Morgan fingerprint density at radius 1 is 1.15 bits per heavy atom. The van der Waals surface area contributed by atoms with Gasteiger partial charge >= 0.3 is 0 Å². The molecule has 6 heteroatoms. The second-order valence-corrected chi connectivity index (χ2v) is 6.36. The second kappa shape index (κ2) is 7.61. The Labute approximate surface area is 121 Å². The van der Waals surface area contributed by atoms with E-state index in [4.69, 9.17) is 9.47 Å². The van der Waals surface area contributed by atoms with Crippen molar-refractivity contribution in [1.29, 1.82) is 0 Å². The van der Waals surface area contributed by atoms with Gasteiger partial charge in [-0.2, -0.15) is 0 Å². The standard InChI is InChI=1S/C14H23NO4S/c1-5-7-19-13-9-11(2)12(3)10-14(13)20(16,17)15-6-8-18-4/h9-10,15H,5-8H2,1-4H3. The van der Waals surface area contributed by atoms with Crippen molar-refractivity contribution in [2.75, 3.05) is 26.9 Å². The van der Waals surface area contributed by atoms with Crippen LogP contribution in [0.4, 0.5) is 0 Å². The van der Waals surface area contributed by atoms with Crippen molar-refractivity contribution in [3.05, 3.63) is 23.3 Å². The van der Waals surface area contributed by atoms with Crippen LogP contribution in [0.1, 0.15) is 24.5 Å². The number of aryl methyl sites for hydroxylation is 2. The van der Waals surface area contributed by atoms with Gasteiger partial charge in [0.25, 0.3) is 0 Å². The molecule has 0 fully saturated rings. The number of ether oxygens (including phenoxy) is 2. The second-order valence-electron chi connectivity index (χ2n) is 4.62. The zero-order valence-electron chi connectivity index (χ0n) is 12.5. The molecule has 1 aromatic carbocycles. The van der Waals surface area contributed by atoms with Crippen LogP contribution in [0.15, 0.2) is 17.0 Å². The molecular weight excluding hydrogens is 278 g/mol. The van der Waals surface area contributed by atoms with Gasteiger partial charge < -0.3 is 9.47 Å². The van der Waals surface area contributed by atoms with E-state index in [1.807, 2.05) is 20.8 Å². The van der Waals surface area contributed by atoms with Gasteiger partial charge in [-0.25, -0.2) is 13.1 Å². The van der Waals surface area contributed by atoms with E-state index in [1.165, 1.54) is 7.11 Å². The maximum Gasteiger partial charge on any atom is 0.244 e. The molecule has 0 saturated carbocycles. The minimum Gasteiger partial charge on any atom is -0.492 e.